The van der Waals surface area contributed by atoms with Gasteiger partial charge in [0.1, 0.15) is 18.1 Å². The Morgan fingerprint density at radius 2 is 2.33 bits per heavy atom. The van der Waals surface area contributed by atoms with E-state index in [0.29, 0.717) is 18.9 Å². The number of nitrogens with zero attached hydrogens (tertiary/aromatic N) is 1. The van der Waals surface area contributed by atoms with Crippen molar-refractivity contribution in [1.82, 2.24) is 10.2 Å². The number of fused-ring (bicyclic) bond motifs is 3. The lowest BCUT2D eigenvalue weighted by molar-refractivity contribution is 0.0516. The average molecular weight is 244 g/mol. The third kappa shape index (κ3) is 1.55. The molecule has 0 amide bonds. The smallest absolute Gasteiger partial charge is 0.356 e. The molecule has 1 N–H and O–H groups in total. The molecule has 5 nitrogen and oxygen atoms in total. The maximum atomic E-state index is 11.7. The van der Waals surface area contributed by atoms with Crippen LogP contribution in [0.5, 0.6) is 5.75 Å². The number of H-pyrrole nitrogens is 1. The van der Waals surface area contributed by atoms with Gasteiger partial charge in [0.25, 0.3) is 0 Å². The van der Waals surface area contributed by atoms with E-state index in [1.807, 2.05) is 24.3 Å². The van der Waals surface area contributed by atoms with Crippen LogP contribution in [-0.2, 0) is 11.3 Å². The van der Waals surface area contributed by atoms with Crippen LogP contribution in [0.3, 0.4) is 0 Å². The number of hydrogen-bond donors (Lipinski definition) is 1. The Balaban J connectivity index is 2.07. The molecule has 3 rings (SSSR count). The van der Waals surface area contributed by atoms with Crippen molar-refractivity contribution in [2.45, 2.75) is 13.5 Å². The van der Waals surface area contributed by atoms with Crippen LogP contribution in [0.4, 0.5) is 0 Å². The van der Waals surface area contributed by atoms with E-state index in [4.69, 9.17) is 9.47 Å². The molecule has 0 radical (unpaired) electrons. The average Bonchev–Trinajstić information content (AvgIpc) is 2.83. The SMILES string of the molecule is CCOC(=O)c1[nH]nc2c1COc1ccccc1-2. The second kappa shape index (κ2) is 4.18. The molecule has 0 spiro atoms. The summed E-state index contributed by atoms with van der Waals surface area (Å²) in [5.74, 6) is 0.390. The molecule has 0 fully saturated rings. The Hall–Kier alpha value is -2.30. The first kappa shape index (κ1) is 10.8. The van der Waals surface area contributed by atoms with E-state index >= 15 is 0 Å². The lowest BCUT2D eigenvalue weighted by Gasteiger charge is -2.16. The molecule has 0 saturated carbocycles. The van der Waals surface area contributed by atoms with Crippen molar-refractivity contribution in [3.8, 4) is 17.0 Å². The number of aromatic amines is 1. The molecular formula is C13H12N2O3. The van der Waals surface area contributed by atoms with Gasteiger partial charge in [-0.25, -0.2) is 4.79 Å². The van der Waals surface area contributed by atoms with Crippen LogP contribution in [0, 0.1) is 0 Å². The first-order valence-electron chi connectivity index (χ1n) is 5.77. The number of rotatable bonds is 2. The van der Waals surface area contributed by atoms with E-state index in [1.165, 1.54) is 0 Å². The van der Waals surface area contributed by atoms with Gasteiger partial charge < -0.3 is 9.47 Å². The molecule has 1 aliphatic rings. The van der Waals surface area contributed by atoms with Crippen LogP contribution in [0.25, 0.3) is 11.3 Å². The predicted octanol–water partition coefficient (Wildman–Crippen LogP) is 2.15. The highest BCUT2D eigenvalue weighted by atomic mass is 16.5. The van der Waals surface area contributed by atoms with Gasteiger partial charge in [-0.2, -0.15) is 5.10 Å². The van der Waals surface area contributed by atoms with Gasteiger partial charge in [0, 0.05) is 5.56 Å². The van der Waals surface area contributed by atoms with Crippen molar-refractivity contribution in [3.05, 3.63) is 35.5 Å². The first-order valence-corrected chi connectivity index (χ1v) is 5.77. The van der Waals surface area contributed by atoms with Gasteiger partial charge in [-0.1, -0.05) is 12.1 Å². The van der Waals surface area contributed by atoms with E-state index in [9.17, 15) is 4.79 Å². The van der Waals surface area contributed by atoms with Gasteiger partial charge in [0.15, 0.2) is 5.69 Å². The van der Waals surface area contributed by atoms with E-state index < -0.39 is 5.97 Å². The zero-order chi connectivity index (χ0) is 12.5. The van der Waals surface area contributed by atoms with Gasteiger partial charge in [0.05, 0.1) is 12.2 Å². The van der Waals surface area contributed by atoms with Gasteiger partial charge in [-0.3, -0.25) is 5.10 Å². The topological polar surface area (TPSA) is 64.2 Å². The first-order chi connectivity index (χ1) is 8.81. The minimum absolute atomic E-state index is 0.330. The molecule has 0 saturated heterocycles. The number of carbonyl (C=O) groups excluding carboxylic acids is 1. The molecule has 0 unspecified atom stereocenters. The fourth-order valence-electron chi connectivity index (χ4n) is 2.04. The second-order valence-corrected chi connectivity index (χ2v) is 3.93. The Morgan fingerprint density at radius 1 is 1.50 bits per heavy atom. The summed E-state index contributed by atoms with van der Waals surface area (Å²) in [4.78, 5) is 11.7. The standard InChI is InChI=1S/C13H12N2O3/c1-2-17-13(16)12-9-7-18-10-6-4-3-5-8(10)11(9)14-15-12/h3-6H,2,7H2,1H3,(H,14,15). The lowest BCUT2D eigenvalue weighted by atomic mass is 10.0. The summed E-state index contributed by atoms with van der Waals surface area (Å²) in [6.45, 7) is 2.44. The van der Waals surface area contributed by atoms with E-state index in [-0.39, 0.29) is 0 Å². The van der Waals surface area contributed by atoms with Crippen molar-refractivity contribution in [1.29, 1.82) is 0 Å². The Kier molecular flexibility index (Phi) is 2.51. The quantitative estimate of drug-likeness (QED) is 0.822. The van der Waals surface area contributed by atoms with Crippen LogP contribution in [0.1, 0.15) is 23.0 Å². The Morgan fingerprint density at radius 3 is 3.17 bits per heavy atom. The van der Waals surface area contributed by atoms with Crippen molar-refractivity contribution < 1.29 is 14.3 Å². The van der Waals surface area contributed by atoms with Gasteiger partial charge in [-0.05, 0) is 19.1 Å². The largest absolute Gasteiger partial charge is 0.488 e. The third-order valence-corrected chi connectivity index (χ3v) is 2.86. The van der Waals surface area contributed by atoms with Crippen LogP contribution >= 0.6 is 0 Å². The minimum Gasteiger partial charge on any atom is -0.488 e. The maximum Gasteiger partial charge on any atom is 0.356 e. The summed E-state index contributed by atoms with van der Waals surface area (Å²) in [7, 11) is 0. The number of nitrogens with one attached hydrogen (secondary N) is 1. The molecule has 2 heterocycles. The predicted molar refractivity (Wildman–Crippen MR) is 64.3 cm³/mol. The number of carbonyl (C=O) groups is 1. The van der Waals surface area contributed by atoms with Crippen LogP contribution in [0.15, 0.2) is 24.3 Å². The van der Waals surface area contributed by atoms with E-state index in [0.717, 1.165) is 22.6 Å². The molecule has 18 heavy (non-hydrogen) atoms. The Bertz CT molecular complexity index is 604. The molecule has 92 valence electrons. The molecule has 1 aromatic heterocycles. The van der Waals surface area contributed by atoms with Gasteiger partial charge in [0.2, 0.25) is 0 Å². The molecule has 0 aliphatic carbocycles. The van der Waals surface area contributed by atoms with Crippen molar-refractivity contribution in [2.24, 2.45) is 0 Å². The molecule has 2 aromatic rings. The van der Waals surface area contributed by atoms with Crippen molar-refractivity contribution >= 4 is 5.97 Å². The number of esters is 1. The summed E-state index contributed by atoms with van der Waals surface area (Å²) >= 11 is 0. The third-order valence-electron chi connectivity index (χ3n) is 2.86. The van der Waals surface area contributed by atoms with E-state index in [1.54, 1.807) is 6.92 Å². The second-order valence-electron chi connectivity index (χ2n) is 3.93. The number of hydrogen-bond acceptors (Lipinski definition) is 4. The van der Waals surface area contributed by atoms with Gasteiger partial charge in [-0.15, -0.1) is 0 Å². The molecule has 5 heteroatoms. The number of para-hydroxylation sites is 1. The van der Waals surface area contributed by atoms with Gasteiger partial charge >= 0.3 is 5.97 Å². The number of aromatic nitrogens is 2. The highest BCUT2D eigenvalue weighted by Gasteiger charge is 2.26. The lowest BCUT2D eigenvalue weighted by Crippen LogP contribution is -2.11. The summed E-state index contributed by atoms with van der Waals surface area (Å²) in [5, 5.41) is 6.93. The fourth-order valence-corrected chi connectivity index (χ4v) is 2.04. The zero-order valence-corrected chi connectivity index (χ0v) is 9.90. The maximum absolute atomic E-state index is 11.7. The summed E-state index contributed by atoms with van der Waals surface area (Å²) in [5.41, 5.74) is 2.79. The number of ether oxygens (including phenoxy) is 2. The summed E-state index contributed by atoms with van der Waals surface area (Å²) < 4.78 is 10.6. The Labute approximate surface area is 104 Å². The van der Waals surface area contributed by atoms with Crippen LogP contribution in [-0.4, -0.2) is 22.8 Å². The number of benzene rings is 1. The minimum atomic E-state index is -0.394. The van der Waals surface area contributed by atoms with Crippen LogP contribution in [0.2, 0.25) is 0 Å². The van der Waals surface area contributed by atoms with Crippen LogP contribution < -0.4 is 4.74 Å². The van der Waals surface area contributed by atoms with E-state index in [2.05, 4.69) is 10.2 Å². The monoisotopic (exact) mass is 244 g/mol. The summed E-state index contributed by atoms with van der Waals surface area (Å²) in [6.07, 6.45) is 0. The van der Waals surface area contributed by atoms with Crippen molar-refractivity contribution in [2.75, 3.05) is 6.61 Å². The summed E-state index contributed by atoms with van der Waals surface area (Å²) in [6, 6.07) is 7.62. The highest BCUT2D eigenvalue weighted by Crippen LogP contribution is 2.36. The molecule has 1 aromatic carbocycles. The van der Waals surface area contributed by atoms with Crippen molar-refractivity contribution in [3.63, 3.8) is 0 Å². The highest BCUT2D eigenvalue weighted by molar-refractivity contribution is 5.92. The molecule has 0 atom stereocenters. The molecule has 0 bridgehead atoms. The molecule has 1 aliphatic heterocycles. The fraction of sp³-hybridized carbons (Fsp3) is 0.231. The molecular weight excluding hydrogens is 232 g/mol. The normalized spacial score (nSPS) is 12.3. The zero-order valence-electron chi connectivity index (χ0n) is 9.90.